The second-order valence-electron chi connectivity index (χ2n) is 1.01. The van der Waals surface area contributed by atoms with Gasteiger partial charge in [-0.15, -0.1) is 0 Å². The Hall–Kier alpha value is -0.480. The van der Waals surface area contributed by atoms with E-state index < -0.39 is 0 Å². The molecule has 1 aliphatic rings. The third kappa shape index (κ3) is 0.942. The molecule has 1 aliphatic heterocycles. The molecule has 1 N–H and O–H groups in total. The first kappa shape index (κ1) is 4.67. The number of hydrazine groups is 1. The summed E-state index contributed by atoms with van der Waals surface area (Å²) in [6.45, 7) is 0. The van der Waals surface area contributed by atoms with Crippen molar-refractivity contribution in [2.75, 3.05) is 0 Å². The summed E-state index contributed by atoms with van der Waals surface area (Å²) in [4.78, 5) is 12.5. The molecule has 1 rings (SSSR count). The molecular formula is C3H4N2OS. The van der Waals surface area contributed by atoms with Crippen molar-refractivity contribution in [1.29, 1.82) is 0 Å². The van der Waals surface area contributed by atoms with Crippen LogP contribution in [0.2, 0.25) is 0 Å². The van der Waals surface area contributed by atoms with Crippen LogP contribution in [-0.2, 0) is 4.79 Å². The zero-order valence-electron chi connectivity index (χ0n) is 3.50. The molecule has 1 heterocycles. The molecule has 7 heavy (non-hydrogen) atoms. The van der Waals surface area contributed by atoms with Crippen LogP contribution in [0.5, 0.6) is 0 Å². The summed E-state index contributed by atoms with van der Waals surface area (Å²) in [7, 11) is 0. The molecule has 0 saturated carbocycles. The third-order valence-electron chi connectivity index (χ3n) is 0.561. The lowest BCUT2D eigenvalue weighted by Crippen LogP contribution is -2.21. The molecule has 1 amide bonds. The summed E-state index contributed by atoms with van der Waals surface area (Å²) in [5.74, 6) is 0. The van der Waals surface area contributed by atoms with Crippen LogP contribution in [-0.4, -0.2) is 11.4 Å². The van der Waals surface area contributed by atoms with Crippen LogP contribution in [0.25, 0.3) is 0 Å². The van der Waals surface area contributed by atoms with E-state index in [1.807, 2.05) is 0 Å². The standard InChI is InChI=1S/C3H4N2OS/c6-3-5-1-2-7-4-5/h1-4H. The van der Waals surface area contributed by atoms with E-state index in [-0.39, 0.29) is 0 Å². The number of nitrogens with zero attached hydrogens (tertiary/aromatic N) is 1. The first-order valence-corrected chi connectivity index (χ1v) is 2.63. The number of rotatable bonds is 1. The van der Waals surface area contributed by atoms with E-state index in [4.69, 9.17) is 0 Å². The molecule has 0 unspecified atom stereocenters. The van der Waals surface area contributed by atoms with Crippen molar-refractivity contribution in [3.05, 3.63) is 11.6 Å². The Kier molecular flexibility index (Phi) is 1.33. The quantitative estimate of drug-likeness (QED) is 0.389. The summed E-state index contributed by atoms with van der Waals surface area (Å²) in [6, 6.07) is 0. The molecule has 0 aromatic carbocycles. The van der Waals surface area contributed by atoms with E-state index in [1.54, 1.807) is 11.6 Å². The minimum absolute atomic E-state index is 0.705. The Bertz CT molecular complexity index is 103. The summed E-state index contributed by atoms with van der Waals surface area (Å²) in [5, 5.41) is 3.12. The second kappa shape index (κ2) is 1.99. The smallest absolute Gasteiger partial charge is 0.228 e. The highest BCUT2D eigenvalue weighted by atomic mass is 32.2. The van der Waals surface area contributed by atoms with E-state index in [2.05, 4.69) is 4.83 Å². The minimum Gasteiger partial charge on any atom is -0.277 e. The van der Waals surface area contributed by atoms with Crippen molar-refractivity contribution in [2.45, 2.75) is 0 Å². The van der Waals surface area contributed by atoms with Gasteiger partial charge in [-0.3, -0.25) is 4.79 Å². The normalized spacial score (nSPS) is 18.0. The minimum atomic E-state index is 0.705. The van der Waals surface area contributed by atoms with Gasteiger partial charge in [0.1, 0.15) is 0 Å². The number of amides is 1. The van der Waals surface area contributed by atoms with E-state index in [9.17, 15) is 4.79 Å². The van der Waals surface area contributed by atoms with Crippen LogP contribution in [0.3, 0.4) is 0 Å². The predicted octanol–water partition coefficient (Wildman–Crippen LogP) is 0.0824. The molecule has 0 aromatic rings. The molecule has 0 atom stereocenters. The largest absolute Gasteiger partial charge is 0.277 e. The zero-order valence-corrected chi connectivity index (χ0v) is 4.31. The Morgan fingerprint density at radius 1 is 1.86 bits per heavy atom. The van der Waals surface area contributed by atoms with Crippen LogP contribution in [0, 0.1) is 0 Å². The molecule has 38 valence electrons. The van der Waals surface area contributed by atoms with Crippen LogP contribution in [0.15, 0.2) is 11.6 Å². The monoisotopic (exact) mass is 116 g/mol. The van der Waals surface area contributed by atoms with Crippen LogP contribution in [0.4, 0.5) is 0 Å². The fourth-order valence-corrected chi connectivity index (χ4v) is 0.753. The van der Waals surface area contributed by atoms with E-state index >= 15 is 0 Å². The molecule has 0 spiro atoms. The van der Waals surface area contributed by atoms with Crippen LogP contribution >= 0.6 is 11.9 Å². The average Bonchev–Trinajstić information content (AvgIpc) is 2.14. The number of hydrogen-bond acceptors (Lipinski definition) is 3. The molecular weight excluding hydrogens is 112 g/mol. The van der Waals surface area contributed by atoms with Crippen molar-refractivity contribution < 1.29 is 4.79 Å². The highest BCUT2D eigenvalue weighted by molar-refractivity contribution is 8.00. The third-order valence-corrected chi connectivity index (χ3v) is 1.14. The Labute approximate surface area is 45.5 Å². The van der Waals surface area contributed by atoms with Crippen molar-refractivity contribution in [3.63, 3.8) is 0 Å². The van der Waals surface area contributed by atoms with Gasteiger partial charge in [0.15, 0.2) is 0 Å². The molecule has 3 nitrogen and oxygen atoms in total. The number of nitrogens with one attached hydrogen (secondary N) is 1. The van der Waals surface area contributed by atoms with Gasteiger partial charge in [-0.1, -0.05) is 0 Å². The summed E-state index contributed by atoms with van der Waals surface area (Å²) < 4.78 is 0. The lowest BCUT2D eigenvalue weighted by molar-refractivity contribution is -0.116. The molecule has 0 bridgehead atoms. The van der Waals surface area contributed by atoms with Gasteiger partial charge in [0.2, 0.25) is 6.41 Å². The lowest BCUT2D eigenvalue weighted by Gasteiger charge is -2.00. The summed E-state index contributed by atoms with van der Waals surface area (Å²) in [6.07, 6.45) is 2.36. The summed E-state index contributed by atoms with van der Waals surface area (Å²) in [5.41, 5.74) is 0. The van der Waals surface area contributed by atoms with Gasteiger partial charge in [0.05, 0.1) is 0 Å². The van der Waals surface area contributed by atoms with Gasteiger partial charge >= 0.3 is 0 Å². The molecule has 0 aliphatic carbocycles. The average molecular weight is 116 g/mol. The van der Waals surface area contributed by atoms with Gasteiger partial charge in [0, 0.05) is 11.6 Å². The van der Waals surface area contributed by atoms with E-state index in [0.29, 0.717) is 6.41 Å². The van der Waals surface area contributed by atoms with Gasteiger partial charge in [-0.25, -0.2) is 5.01 Å². The van der Waals surface area contributed by atoms with Crippen LogP contribution in [0.1, 0.15) is 0 Å². The fraction of sp³-hybridized carbons (Fsp3) is 0. The molecule has 4 heteroatoms. The highest BCUT2D eigenvalue weighted by Gasteiger charge is 1.97. The predicted molar refractivity (Wildman–Crippen MR) is 27.8 cm³/mol. The topological polar surface area (TPSA) is 32.3 Å². The van der Waals surface area contributed by atoms with Crippen molar-refractivity contribution in [2.24, 2.45) is 0 Å². The highest BCUT2D eigenvalue weighted by Crippen LogP contribution is 2.04. The molecule has 0 fully saturated rings. The second-order valence-corrected chi connectivity index (χ2v) is 1.70. The maximum atomic E-state index is 9.81. The molecule has 0 saturated heterocycles. The van der Waals surface area contributed by atoms with Gasteiger partial charge in [-0.05, 0) is 11.9 Å². The van der Waals surface area contributed by atoms with Crippen molar-refractivity contribution in [3.8, 4) is 0 Å². The summed E-state index contributed by atoms with van der Waals surface area (Å²) >= 11 is 1.37. The zero-order chi connectivity index (χ0) is 5.11. The fourth-order valence-electron chi connectivity index (χ4n) is 0.274. The molecule has 0 radical (unpaired) electrons. The van der Waals surface area contributed by atoms with Crippen LogP contribution < -0.4 is 4.83 Å². The van der Waals surface area contributed by atoms with Crippen molar-refractivity contribution in [1.82, 2.24) is 9.84 Å². The Morgan fingerprint density at radius 2 is 2.71 bits per heavy atom. The first-order chi connectivity index (χ1) is 3.43. The van der Waals surface area contributed by atoms with Gasteiger partial charge in [-0.2, -0.15) is 4.83 Å². The van der Waals surface area contributed by atoms with Gasteiger partial charge < -0.3 is 0 Å². The number of hydrogen-bond donors (Lipinski definition) is 1. The Balaban J connectivity index is 2.42. The van der Waals surface area contributed by atoms with E-state index in [1.165, 1.54) is 17.0 Å². The van der Waals surface area contributed by atoms with Gasteiger partial charge in [0.25, 0.3) is 0 Å². The SMILES string of the molecule is O=CN1C=CSN1. The molecule has 0 aromatic heterocycles. The number of carbonyl (C=O) groups excluding carboxylic acids is 1. The number of carbonyl (C=O) groups is 1. The Morgan fingerprint density at radius 3 is 3.00 bits per heavy atom. The maximum Gasteiger partial charge on any atom is 0.228 e. The maximum absolute atomic E-state index is 9.81. The van der Waals surface area contributed by atoms with E-state index in [0.717, 1.165) is 0 Å². The lowest BCUT2D eigenvalue weighted by atomic mass is 10.9. The first-order valence-electron chi connectivity index (χ1n) is 1.75. The van der Waals surface area contributed by atoms with Crippen molar-refractivity contribution >= 4 is 18.4 Å².